The molecule has 5 heteroatoms. The van der Waals surface area contributed by atoms with Gasteiger partial charge in [0.25, 0.3) is 0 Å². The number of hydrazone groups is 1. The van der Waals surface area contributed by atoms with E-state index in [4.69, 9.17) is 9.84 Å². The van der Waals surface area contributed by atoms with E-state index in [0.717, 1.165) is 43.5 Å². The molecule has 0 aliphatic carbocycles. The number of ether oxygens (including phenoxy) is 1. The Bertz CT molecular complexity index is 1110. The van der Waals surface area contributed by atoms with Gasteiger partial charge in [0.05, 0.1) is 16.2 Å². The zero-order valence-corrected chi connectivity index (χ0v) is 20.0. The zero-order chi connectivity index (χ0) is 20.8. The maximum atomic E-state index is 6.55. The molecule has 2 aliphatic rings. The molecule has 152 valence electrons. The molecule has 0 spiro atoms. The molecule has 3 nitrogen and oxygen atoms in total. The highest BCUT2D eigenvalue weighted by molar-refractivity contribution is 9.11. The highest BCUT2D eigenvalue weighted by atomic mass is 79.9. The van der Waals surface area contributed by atoms with Crippen molar-refractivity contribution in [3.05, 3.63) is 97.9 Å². The molecule has 0 N–H and O–H groups in total. The van der Waals surface area contributed by atoms with Crippen molar-refractivity contribution in [1.82, 2.24) is 5.01 Å². The molecule has 5 rings (SSSR count). The van der Waals surface area contributed by atoms with Crippen LogP contribution in [-0.2, 0) is 0 Å². The van der Waals surface area contributed by atoms with Gasteiger partial charge in [-0.1, -0.05) is 84.4 Å². The fraction of sp³-hybridized carbons (Fsp3) is 0.240. The van der Waals surface area contributed by atoms with Crippen LogP contribution in [0.1, 0.15) is 60.7 Å². The average molecular weight is 526 g/mol. The fourth-order valence-corrected chi connectivity index (χ4v) is 5.54. The van der Waals surface area contributed by atoms with Crippen molar-refractivity contribution in [2.75, 3.05) is 0 Å². The second-order valence-corrected chi connectivity index (χ2v) is 9.88. The quantitative estimate of drug-likeness (QED) is 0.352. The lowest BCUT2D eigenvalue weighted by molar-refractivity contribution is -0.0197. The first kappa shape index (κ1) is 19.8. The number of fused-ring (bicyclic) bond motifs is 3. The van der Waals surface area contributed by atoms with Gasteiger partial charge in [-0.3, -0.25) is 0 Å². The van der Waals surface area contributed by atoms with Crippen LogP contribution in [0.25, 0.3) is 0 Å². The molecule has 3 aromatic rings. The van der Waals surface area contributed by atoms with Gasteiger partial charge < -0.3 is 4.74 Å². The van der Waals surface area contributed by atoms with E-state index in [2.05, 4.69) is 105 Å². The van der Waals surface area contributed by atoms with E-state index in [0.29, 0.717) is 5.92 Å². The molecular weight excluding hydrogens is 504 g/mol. The standard InChI is InChI=1S/C25H22Br2N2O/c1-15(2)16-8-10-18(11-9-16)25-29-23(14-22(28-29)17-6-4-3-5-7-17)20-12-19(26)13-21(27)24(20)30-25/h3-13,15,23,25H,14H2,1-2H3. The summed E-state index contributed by atoms with van der Waals surface area (Å²) in [6, 6.07) is 23.5. The van der Waals surface area contributed by atoms with Gasteiger partial charge in [0.2, 0.25) is 6.23 Å². The summed E-state index contributed by atoms with van der Waals surface area (Å²) in [6.07, 6.45) is 0.589. The van der Waals surface area contributed by atoms with Gasteiger partial charge in [-0.25, -0.2) is 5.01 Å². The number of rotatable bonds is 3. The molecule has 0 aromatic heterocycles. The summed E-state index contributed by atoms with van der Waals surface area (Å²) in [4.78, 5) is 0. The van der Waals surface area contributed by atoms with E-state index in [-0.39, 0.29) is 12.3 Å². The summed E-state index contributed by atoms with van der Waals surface area (Å²) in [5, 5.41) is 7.18. The number of halogens is 2. The molecule has 2 heterocycles. The van der Waals surface area contributed by atoms with Crippen molar-refractivity contribution in [1.29, 1.82) is 0 Å². The highest BCUT2D eigenvalue weighted by Crippen LogP contribution is 2.50. The number of hydrogen-bond acceptors (Lipinski definition) is 3. The van der Waals surface area contributed by atoms with Crippen LogP contribution in [0.5, 0.6) is 5.75 Å². The van der Waals surface area contributed by atoms with Crippen LogP contribution < -0.4 is 4.74 Å². The molecule has 0 fully saturated rings. The van der Waals surface area contributed by atoms with Crippen LogP contribution in [-0.4, -0.2) is 10.7 Å². The first-order chi connectivity index (χ1) is 14.5. The predicted octanol–water partition coefficient (Wildman–Crippen LogP) is 7.58. The summed E-state index contributed by atoms with van der Waals surface area (Å²) < 4.78 is 8.55. The fourth-order valence-electron chi connectivity index (χ4n) is 4.19. The summed E-state index contributed by atoms with van der Waals surface area (Å²) >= 11 is 7.35. The molecule has 0 amide bonds. The number of hydrogen-bond donors (Lipinski definition) is 0. The van der Waals surface area contributed by atoms with Crippen molar-refractivity contribution >= 4 is 37.6 Å². The molecule has 0 saturated heterocycles. The topological polar surface area (TPSA) is 24.8 Å². The molecule has 3 aromatic carbocycles. The Hall–Kier alpha value is -2.11. The van der Waals surface area contributed by atoms with Crippen LogP contribution in [0, 0.1) is 0 Å². The van der Waals surface area contributed by atoms with Crippen molar-refractivity contribution in [3.63, 3.8) is 0 Å². The summed E-state index contributed by atoms with van der Waals surface area (Å²) in [5.41, 5.74) is 5.85. The van der Waals surface area contributed by atoms with Gasteiger partial charge in [-0.15, -0.1) is 0 Å². The molecule has 0 bridgehead atoms. The Balaban J connectivity index is 1.60. The molecule has 0 radical (unpaired) electrons. The van der Waals surface area contributed by atoms with Crippen molar-refractivity contribution in [2.45, 2.75) is 38.5 Å². The van der Waals surface area contributed by atoms with Crippen LogP contribution >= 0.6 is 31.9 Å². The van der Waals surface area contributed by atoms with Gasteiger partial charge in [-0.05, 0) is 45.1 Å². The lowest BCUT2D eigenvalue weighted by atomic mass is 9.95. The van der Waals surface area contributed by atoms with E-state index >= 15 is 0 Å². The monoisotopic (exact) mass is 524 g/mol. The minimum absolute atomic E-state index is 0.132. The van der Waals surface area contributed by atoms with Crippen molar-refractivity contribution in [2.24, 2.45) is 5.10 Å². The maximum Gasteiger partial charge on any atom is 0.213 e. The molecule has 2 atom stereocenters. The van der Waals surface area contributed by atoms with Gasteiger partial charge in [-0.2, -0.15) is 5.10 Å². The van der Waals surface area contributed by atoms with Gasteiger partial charge in [0.15, 0.2) is 0 Å². The van der Waals surface area contributed by atoms with Crippen molar-refractivity contribution in [3.8, 4) is 5.75 Å². The van der Waals surface area contributed by atoms with E-state index in [9.17, 15) is 0 Å². The Morgan fingerprint density at radius 3 is 2.43 bits per heavy atom. The zero-order valence-electron chi connectivity index (χ0n) is 16.8. The molecular formula is C25H22Br2N2O. The summed E-state index contributed by atoms with van der Waals surface area (Å²) in [6.45, 7) is 4.43. The lowest BCUT2D eigenvalue weighted by Gasteiger charge is -2.38. The normalized spacial score (nSPS) is 19.9. The average Bonchev–Trinajstić information content (AvgIpc) is 3.20. The first-order valence-corrected chi connectivity index (χ1v) is 11.8. The van der Waals surface area contributed by atoms with Crippen LogP contribution in [0.3, 0.4) is 0 Å². The second kappa shape index (κ2) is 7.86. The Morgan fingerprint density at radius 2 is 1.73 bits per heavy atom. The minimum Gasteiger partial charge on any atom is -0.463 e. The lowest BCUT2D eigenvalue weighted by Crippen LogP contribution is -2.34. The van der Waals surface area contributed by atoms with E-state index in [1.165, 1.54) is 5.56 Å². The Labute approximate surface area is 194 Å². The molecule has 0 saturated carbocycles. The van der Waals surface area contributed by atoms with Gasteiger partial charge in [0, 0.05) is 22.0 Å². The number of benzene rings is 3. The maximum absolute atomic E-state index is 6.55. The van der Waals surface area contributed by atoms with E-state index in [1.54, 1.807) is 0 Å². The Morgan fingerprint density at radius 1 is 1.00 bits per heavy atom. The summed E-state index contributed by atoms with van der Waals surface area (Å²) in [5.74, 6) is 1.41. The van der Waals surface area contributed by atoms with Crippen LogP contribution in [0.2, 0.25) is 0 Å². The first-order valence-electron chi connectivity index (χ1n) is 10.2. The third-order valence-corrected chi connectivity index (χ3v) is 6.85. The summed E-state index contributed by atoms with van der Waals surface area (Å²) in [7, 11) is 0. The van der Waals surface area contributed by atoms with Gasteiger partial charge in [0.1, 0.15) is 5.75 Å². The molecule has 2 unspecified atom stereocenters. The largest absolute Gasteiger partial charge is 0.463 e. The second-order valence-electron chi connectivity index (χ2n) is 8.11. The predicted molar refractivity (Wildman–Crippen MR) is 128 cm³/mol. The third kappa shape index (κ3) is 3.48. The third-order valence-electron chi connectivity index (χ3n) is 5.80. The highest BCUT2D eigenvalue weighted by Gasteiger charge is 2.41. The smallest absolute Gasteiger partial charge is 0.213 e. The molecule has 2 aliphatic heterocycles. The Kier molecular flexibility index (Phi) is 5.19. The van der Waals surface area contributed by atoms with E-state index in [1.807, 2.05) is 12.1 Å². The SMILES string of the molecule is CC(C)c1ccc(C2Oc3c(Br)cc(Br)cc3C3CC(c4ccccc4)=NN32)cc1. The van der Waals surface area contributed by atoms with Crippen LogP contribution in [0.4, 0.5) is 0 Å². The number of nitrogens with zero attached hydrogens (tertiary/aromatic N) is 2. The van der Waals surface area contributed by atoms with Crippen LogP contribution in [0.15, 0.2) is 80.8 Å². The van der Waals surface area contributed by atoms with Gasteiger partial charge >= 0.3 is 0 Å². The van der Waals surface area contributed by atoms with Crippen molar-refractivity contribution < 1.29 is 4.74 Å². The molecule has 30 heavy (non-hydrogen) atoms. The van der Waals surface area contributed by atoms with E-state index < -0.39 is 0 Å². The minimum atomic E-state index is -0.262.